The maximum atomic E-state index is 15.9. The Kier molecular flexibility index (Phi) is 8.82. The van der Waals surface area contributed by atoms with Crippen molar-refractivity contribution in [2.45, 2.75) is 39.7 Å². The molecule has 44 heavy (non-hydrogen) atoms. The molecule has 0 unspecified atom stereocenters. The second-order valence-corrected chi connectivity index (χ2v) is 11.3. The molecule has 0 aliphatic carbocycles. The first-order valence-electron chi connectivity index (χ1n) is 14.5. The van der Waals surface area contributed by atoms with E-state index in [2.05, 4.69) is 15.3 Å². The third-order valence-electron chi connectivity index (χ3n) is 7.91. The predicted octanol–water partition coefficient (Wildman–Crippen LogP) is 4.73. The zero-order chi connectivity index (χ0) is 31.7. The fourth-order valence-electron chi connectivity index (χ4n) is 5.73. The van der Waals surface area contributed by atoms with Gasteiger partial charge in [-0.2, -0.15) is 4.98 Å². The molecule has 5 rings (SSSR count). The van der Waals surface area contributed by atoms with Gasteiger partial charge in [-0.3, -0.25) is 0 Å². The zero-order valence-electron chi connectivity index (χ0n) is 25.4. The zero-order valence-corrected chi connectivity index (χ0v) is 25.4. The summed E-state index contributed by atoms with van der Waals surface area (Å²) in [7, 11) is 1.56. The van der Waals surface area contributed by atoms with Crippen molar-refractivity contribution in [3.63, 3.8) is 0 Å². The second kappa shape index (κ2) is 12.6. The van der Waals surface area contributed by atoms with E-state index < -0.39 is 34.3 Å². The number of ether oxygens (including phenoxy) is 1. The van der Waals surface area contributed by atoms with E-state index in [1.807, 2.05) is 50.8 Å². The van der Waals surface area contributed by atoms with Crippen molar-refractivity contribution in [3.8, 4) is 22.7 Å². The van der Waals surface area contributed by atoms with E-state index in [-0.39, 0.29) is 34.8 Å². The van der Waals surface area contributed by atoms with Crippen LogP contribution in [0.5, 0.6) is 5.75 Å². The van der Waals surface area contributed by atoms with Crippen LogP contribution >= 0.6 is 0 Å². The summed E-state index contributed by atoms with van der Waals surface area (Å²) in [4.78, 5) is 39.2. The van der Waals surface area contributed by atoms with Crippen LogP contribution in [0.3, 0.4) is 0 Å². The summed E-state index contributed by atoms with van der Waals surface area (Å²) in [6.45, 7) is 9.49. The number of carbonyl (C=O) groups is 1. The lowest BCUT2D eigenvalue weighted by Crippen LogP contribution is -2.56. The lowest BCUT2D eigenvalue weighted by atomic mass is 9.98. The Labute approximate surface area is 253 Å². The molecule has 2 amide bonds. The summed E-state index contributed by atoms with van der Waals surface area (Å²) in [6.07, 6.45) is 0. The molecule has 1 atom stereocenters. The first-order chi connectivity index (χ1) is 21.0. The standard InChI is InChI=1S/C32H36F2N6O4/c1-18(2)21-9-6-8-19(3)28(21)40-30-22(16-24(34)27(36-30)26-23(33)10-7-11-25(26)41)29(37-32(40)43)39-14-13-38(17-20(39)4)31(42)35-12-15-44-5/h6-11,16,18,20,41H,12-15,17H2,1-5H3,(H,35,42)/t20-/m0/s1. The van der Waals surface area contributed by atoms with Crippen LogP contribution in [0.1, 0.15) is 37.8 Å². The minimum Gasteiger partial charge on any atom is -0.507 e. The number of urea groups is 1. The fraction of sp³-hybridized carbons (Fsp3) is 0.375. The van der Waals surface area contributed by atoms with Crippen LogP contribution in [-0.2, 0) is 4.74 Å². The number of nitrogens with one attached hydrogen (secondary N) is 1. The van der Waals surface area contributed by atoms with E-state index in [1.54, 1.807) is 12.0 Å². The number of aryl methyl sites for hydroxylation is 1. The summed E-state index contributed by atoms with van der Waals surface area (Å²) >= 11 is 0. The summed E-state index contributed by atoms with van der Waals surface area (Å²) in [5.74, 6) is -1.99. The quantitative estimate of drug-likeness (QED) is 0.293. The molecular formula is C32H36F2N6O4. The van der Waals surface area contributed by atoms with Crippen LogP contribution in [0.15, 0.2) is 47.3 Å². The van der Waals surface area contributed by atoms with E-state index in [4.69, 9.17) is 4.74 Å². The van der Waals surface area contributed by atoms with Gasteiger partial charge in [-0.05, 0) is 49.1 Å². The molecule has 1 fully saturated rings. The largest absolute Gasteiger partial charge is 0.507 e. The van der Waals surface area contributed by atoms with Gasteiger partial charge >= 0.3 is 11.7 Å². The average Bonchev–Trinajstić information content (AvgIpc) is 2.97. The number of para-hydroxylation sites is 1. The summed E-state index contributed by atoms with van der Waals surface area (Å²) in [6, 6.07) is 10.0. The number of nitrogens with zero attached hydrogens (tertiary/aromatic N) is 5. The number of amides is 2. The molecule has 1 aliphatic heterocycles. The molecule has 4 aromatic rings. The molecule has 3 heterocycles. The topological polar surface area (TPSA) is 113 Å². The number of piperazine rings is 1. The molecule has 10 nitrogen and oxygen atoms in total. The normalized spacial score (nSPS) is 15.3. The van der Waals surface area contributed by atoms with Crippen LogP contribution in [0.2, 0.25) is 0 Å². The van der Waals surface area contributed by atoms with Crippen LogP contribution in [0.25, 0.3) is 28.0 Å². The Bertz CT molecular complexity index is 1760. The highest BCUT2D eigenvalue weighted by atomic mass is 19.1. The number of benzene rings is 2. The monoisotopic (exact) mass is 606 g/mol. The fourth-order valence-corrected chi connectivity index (χ4v) is 5.73. The minimum absolute atomic E-state index is 0.0187. The van der Waals surface area contributed by atoms with Gasteiger partial charge in [0.05, 0.1) is 23.2 Å². The molecular weight excluding hydrogens is 570 g/mol. The number of methoxy groups -OCH3 is 1. The van der Waals surface area contributed by atoms with Crippen molar-refractivity contribution in [1.82, 2.24) is 24.8 Å². The number of halogens is 2. The molecule has 2 N–H and O–H groups in total. The van der Waals surface area contributed by atoms with Crippen LogP contribution in [-0.4, -0.2) is 76.5 Å². The number of anilines is 1. The molecule has 232 valence electrons. The molecule has 0 spiro atoms. The van der Waals surface area contributed by atoms with Crippen molar-refractivity contribution < 1.29 is 23.4 Å². The number of phenolic OH excluding ortho intramolecular Hbond substituents is 1. The number of carbonyl (C=O) groups excluding carboxylic acids is 1. The Morgan fingerprint density at radius 1 is 1.14 bits per heavy atom. The molecule has 0 radical (unpaired) electrons. The number of fused-ring (bicyclic) bond motifs is 1. The van der Waals surface area contributed by atoms with Gasteiger partial charge in [0.2, 0.25) is 0 Å². The SMILES string of the molecule is COCCNC(=O)N1CCN(c2nc(=O)n(-c3c(C)cccc3C(C)C)c3nc(-c4c(O)cccc4F)c(F)cc23)[C@@H](C)C1. The highest BCUT2D eigenvalue weighted by Gasteiger charge is 2.31. The molecule has 2 aromatic heterocycles. The third kappa shape index (κ3) is 5.69. The number of phenols is 1. The maximum absolute atomic E-state index is 15.9. The highest BCUT2D eigenvalue weighted by Crippen LogP contribution is 2.37. The first kappa shape index (κ1) is 30.9. The van der Waals surface area contributed by atoms with Gasteiger partial charge in [0.15, 0.2) is 11.5 Å². The lowest BCUT2D eigenvalue weighted by molar-refractivity contribution is 0.172. The molecule has 1 saturated heterocycles. The number of aromatic hydroxyl groups is 1. The Balaban J connectivity index is 1.71. The molecule has 0 bridgehead atoms. The van der Waals surface area contributed by atoms with Crippen LogP contribution < -0.4 is 15.9 Å². The molecule has 0 saturated carbocycles. The third-order valence-corrected chi connectivity index (χ3v) is 7.91. The highest BCUT2D eigenvalue weighted by molar-refractivity contribution is 5.91. The van der Waals surface area contributed by atoms with Gasteiger partial charge < -0.3 is 25.0 Å². The molecule has 1 aliphatic rings. The summed E-state index contributed by atoms with van der Waals surface area (Å²) < 4.78 is 37.2. The van der Waals surface area contributed by atoms with E-state index in [0.29, 0.717) is 38.5 Å². The lowest BCUT2D eigenvalue weighted by Gasteiger charge is -2.40. The van der Waals surface area contributed by atoms with Crippen molar-refractivity contribution >= 4 is 22.9 Å². The second-order valence-electron chi connectivity index (χ2n) is 11.3. The van der Waals surface area contributed by atoms with Gasteiger partial charge in [0.1, 0.15) is 23.1 Å². The first-order valence-corrected chi connectivity index (χ1v) is 14.5. The van der Waals surface area contributed by atoms with Gasteiger partial charge in [-0.15, -0.1) is 0 Å². The van der Waals surface area contributed by atoms with Gasteiger partial charge in [-0.1, -0.05) is 38.1 Å². The number of pyridine rings is 1. The Hall–Kier alpha value is -4.58. The van der Waals surface area contributed by atoms with Gasteiger partial charge in [-0.25, -0.2) is 27.9 Å². The van der Waals surface area contributed by atoms with E-state index in [9.17, 15) is 19.1 Å². The van der Waals surface area contributed by atoms with Crippen molar-refractivity contribution in [1.29, 1.82) is 0 Å². The maximum Gasteiger partial charge on any atom is 0.355 e. The Morgan fingerprint density at radius 2 is 1.89 bits per heavy atom. The predicted molar refractivity (Wildman–Crippen MR) is 165 cm³/mol. The van der Waals surface area contributed by atoms with Crippen LogP contribution in [0.4, 0.5) is 19.4 Å². The Morgan fingerprint density at radius 3 is 2.57 bits per heavy atom. The number of rotatable bonds is 7. The molecule has 2 aromatic carbocycles. The average molecular weight is 607 g/mol. The number of hydrogen-bond donors (Lipinski definition) is 2. The van der Waals surface area contributed by atoms with Crippen molar-refractivity contribution in [3.05, 3.63) is 75.7 Å². The van der Waals surface area contributed by atoms with Crippen molar-refractivity contribution in [2.24, 2.45) is 0 Å². The van der Waals surface area contributed by atoms with E-state index >= 15 is 4.39 Å². The summed E-state index contributed by atoms with van der Waals surface area (Å²) in [5, 5.41) is 13.5. The van der Waals surface area contributed by atoms with Gasteiger partial charge in [0, 0.05) is 39.3 Å². The minimum atomic E-state index is -0.885. The molecule has 12 heteroatoms. The summed E-state index contributed by atoms with van der Waals surface area (Å²) in [5.41, 5.74) is 0.789. The van der Waals surface area contributed by atoms with E-state index in [0.717, 1.165) is 17.2 Å². The van der Waals surface area contributed by atoms with E-state index in [1.165, 1.54) is 22.8 Å². The van der Waals surface area contributed by atoms with Crippen LogP contribution in [0, 0.1) is 18.6 Å². The van der Waals surface area contributed by atoms with Gasteiger partial charge in [0.25, 0.3) is 0 Å². The number of aromatic nitrogens is 3. The van der Waals surface area contributed by atoms with Crippen molar-refractivity contribution in [2.75, 3.05) is 44.8 Å². The number of hydrogen-bond acceptors (Lipinski definition) is 7. The smallest absolute Gasteiger partial charge is 0.355 e.